The van der Waals surface area contributed by atoms with E-state index in [1.165, 1.54) is 6.42 Å². The Morgan fingerprint density at radius 1 is 1.57 bits per heavy atom. The maximum atomic E-state index is 11.8. The molecular formula is C12H19NO. The number of hydrogen-bond acceptors (Lipinski definition) is 2. The minimum Gasteiger partial charge on any atom is -0.296 e. The number of ketones is 1. The summed E-state index contributed by atoms with van der Waals surface area (Å²) in [4.78, 5) is 13.8. The van der Waals surface area contributed by atoms with Gasteiger partial charge in [-0.2, -0.15) is 0 Å². The Kier molecular flexibility index (Phi) is 3.34. The van der Waals surface area contributed by atoms with E-state index in [4.69, 9.17) is 6.42 Å². The summed E-state index contributed by atoms with van der Waals surface area (Å²) in [5.41, 5.74) is -0.383. The van der Waals surface area contributed by atoms with E-state index in [1.54, 1.807) is 0 Å². The number of hydrogen-bond donors (Lipinski definition) is 0. The predicted octanol–water partition coefficient (Wildman–Crippen LogP) is 1.70. The van der Waals surface area contributed by atoms with E-state index in [9.17, 15) is 4.79 Å². The standard InChI is InChI=1S/C12H19NO/c1-5-11(14)12(13(3)4)8-6-7-10(2)9-12/h1,10H,6-9H2,2-4H3. The van der Waals surface area contributed by atoms with Crippen LogP contribution >= 0.6 is 0 Å². The fourth-order valence-electron chi connectivity index (χ4n) is 2.47. The average Bonchev–Trinajstić information content (AvgIpc) is 2.16. The third kappa shape index (κ3) is 1.83. The minimum atomic E-state index is -0.383. The number of Topliss-reactive ketones (excluding diaryl/α,β-unsaturated/α-hetero) is 1. The molecule has 0 N–H and O–H groups in total. The fraction of sp³-hybridized carbons (Fsp3) is 0.750. The molecule has 1 saturated carbocycles. The highest BCUT2D eigenvalue weighted by molar-refractivity contribution is 6.02. The van der Waals surface area contributed by atoms with Crippen molar-refractivity contribution in [1.82, 2.24) is 4.90 Å². The topological polar surface area (TPSA) is 20.3 Å². The molecule has 0 saturated heterocycles. The SMILES string of the molecule is C#CC(=O)C1(N(C)C)CCCC(C)C1. The Bertz CT molecular complexity index is 264. The zero-order valence-electron chi connectivity index (χ0n) is 9.34. The van der Waals surface area contributed by atoms with E-state index in [1.807, 2.05) is 19.0 Å². The maximum Gasteiger partial charge on any atom is 0.225 e. The van der Waals surface area contributed by atoms with Crippen molar-refractivity contribution in [2.75, 3.05) is 14.1 Å². The largest absolute Gasteiger partial charge is 0.296 e. The van der Waals surface area contributed by atoms with Gasteiger partial charge in [-0.15, -0.1) is 6.42 Å². The molecule has 0 radical (unpaired) electrons. The van der Waals surface area contributed by atoms with E-state index < -0.39 is 0 Å². The molecule has 1 aliphatic carbocycles. The Hall–Kier alpha value is -0.810. The van der Waals surface area contributed by atoms with E-state index in [2.05, 4.69) is 12.8 Å². The van der Waals surface area contributed by atoms with Crippen LogP contribution in [0.4, 0.5) is 0 Å². The molecule has 2 unspecified atom stereocenters. The number of rotatable bonds is 2. The molecule has 78 valence electrons. The van der Waals surface area contributed by atoms with Crippen molar-refractivity contribution in [3.63, 3.8) is 0 Å². The monoisotopic (exact) mass is 193 g/mol. The van der Waals surface area contributed by atoms with Gasteiger partial charge in [-0.25, -0.2) is 0 Å². The van der Waals surface area contributed by atoms with Gasteiger partial charge in [-0.1, -0.05) is 19.8 Å². The highest BCUT2D eigenvalue weighted by Crippen LogP contribution is 2.36. The second-order valence-electron chi connectivity index (χ2n) is 4.60. The maximum absolute atomic E-state index is 11.8. The van der Waals surface area contributed by atoms with E-state index in [0.29, 0.717) is 5.92 Å². The molecule has 0 amide bonds. The summed E-state index contributed by atoms with van der Waals surface area (Å²) >= 11 is 0. The molecule has 0 aromatic rings. The van der Waals surface area contributed by atoms with Crippen LogP contribution in [0, 0.1) is 18.3 Å². The lowest BCUT2D eigenvalue weighted by Crippen LogP contribution is -2.53. The molecule has 0 aromatic heterocycles. The Balaban J connectivity index is 2.93. The average molecular weight is 193 g/mol. The molecular weight excluding hydrogens is 174 g/mol. The second-order valence-corrected chi connectivity index (χ2v) is 4.60. The van der Waals surface area contributed by atoms with Crippen LogP contribution in [0.5, 0.6) is 0 Å². The predicted molar refractivity (Wildman–Crippen MR) is 57.9 cm³/mol. The lowest BCUT2D eigenvalue weighted by molar-refractivity contribution is -0.126. The fourth-order valence-corrected chi connectivity index (χ4v) is 2.47. The molecule has 2 heteroatoms. The summed E-state index contributed by atoms with van der Waals surface area (Å²) in [6.07, 6.45) is 9.38. The summed E-state index contributed by atoms with van der Waals surface area (Å²) in [6, 6.07) is 0. The lowest BCUT2D eigenvalue weighted by Gasteiger charge is -2.42. The van der Waals surface area contributed by atoms with Crippen LogP contribution in [0.2, 0.25) is 0 Å². The first-order valence-corrected chi connectivity index (χ1v) is 5.21. The normalized spacial score (nSPS) is 32.6. The molecule has 1 rings (SSSR count). The molecule has 0 bridgehead atoms. The van der Waals surface area contributed by atoms with Crippen LogP contribution in [0.3, 0.4) is 0 Å². The molecule has 1 aliphatic rings. The van der Waals surface area contributed by atoms with Gasteiger partial charge in [-0.3, -0.25) is 9.69 Å². The number of terminal acetylenes is 1. The van der Waals surface area contributed by atoms with Gasteiger partial charge in [0.1, 0.15) is 0 Å². The van der Waals surface area contributed by atoms with Crippen LogP contribution in [0.25, 0.3) is 0 Å². The van der Waals surface area contributed by atoms with Gasteiger partial charge < -0.3 is 0 Å². The van der Waals surface area contributed by atoms with Crippen LogP contribution in [0.1, 0.15) is 32.6 Å². The first kappa shape index (κ1) is 11.3. The van der Waals surface area contributed by atoms with Gasteiger partial charge in [-0.05, 0) is 38.8 Å². The lowest BCUT2D eigenvalue weighted by atomic mass is 9.73. The van der Waals surface area contributed by atoms with Crippen LogP contribution < -0.4 is 0 Å². The minimum absolute atomic E-state index is 0.0472. The number of carbonyl (C=O) groups is 1. The van der Waals surface area contributed by atoms with Crippen molar-refractivity contribution in [3.8, 4) is 12.3 Å². The third-order valence-electron chi connectivity index (χ3n) is 3.38. The van der Waals surface area contributed by atoms with Gasteiger partial charge in [0, 0.05) is 0 Å². The zero-order chi connectivity index (χ0) is 10.8. The smallest absolute Gasteiger partial charge is 0.225 e. The van der Waals surface area contributed by atoms with Crippen molar-refractivity contribution in [3.05, 3.63) is 0 Å². The highest BCUT2D eigenvalue weighted by Gasteiger charge is 2.42. The van der Waals surface area contributed by atoms with Gasteiger partial charge in [0.15, 0.2) is 0 Å². The van der Waals surface area contributed by atoms with Crippen molar-refractivity contribution < 1.29 is 4.79 Å². The first-order chi connectivity index (χ1) is 6.53. The molecule has 0 spiro atoms. The van der Waals surface area contributed by atoms with Crippen LogP contribution in [-0.2, 0) is 4.79 Å². The van der Waals surface area contributed by atoms with Crippen molar-refractivity contribution in [2.24, 2.45) is 5.92 Å². The first-order valence-electron chi connectivity index (χ1n) is 5.21. The number of carbonyl (C=O) groups excluding carboxylic acids is 1. The van der Waals surface area contributed by atoms with Crippen molar-refractivity contribution >= 4 is 5.78 Å². The third-order valence-corrected chi connectivity index (χ3v) is 3.38. The second kappa shape index (κ2) is 4.14. The van der Waals surface area contributed by atoms with E-state index in [0.717, 1.165) is 19.3 Å². The summed E-state index contributed by atoms with van der Waals surface area (Å²) in [5.74, 6) is 2.85. The van der Waals surface area contributed by atoms with Gasteiger partial charge in [0.05, 0.1) is 5.54 Å². The number of likely N-dealkylation sites (N-methyl/N-ethyl adjacent to an activating group) is 1. The highest BCUT2D eigenvalue weighted by atomic mass is 16.1. The van der Waals surface area contributed by atoms with Crippen LogP contribution in [-0.4, -0.2) is 30.3 Å². The van der Waals surface area contributed by atoms with Gasteiger partial charge in [0.2, 0.25) is 5.78 Å². The summed E-state index contributed by atoms with van der Waals surface area (Å²) < 4.78 is 0. The quantitative estimate of drug-likeness (QED) is 0.491. The Labute approximate surface area is 86.7 Å². The molecule has 14 heavy (non-hydrogen) atoms. The Morgan fingerprint density at radius 3 is 2.64 bits per heavy atom. The molecule has 0 aromatic carbocycles. The zero-order valence-corrected chi connectivity index (χ0v) is 9.34. The van der Waals surface area contributed by atoms with E-state index >= 15 is 0 Å². The summed E-state index contributed by atoms with van der Waals surface area (Å²) in [5, 5.41) is 0. The summed E-state index contributed by atoms with van der Waals surface area (Å²) in [6.45, 7) is 2.20. The molecule has 0 aliphatic heterocycles. The number of nitrogens with zero attached hydrogens (tertiary/aromatic N) is 1. The molecule has 2 atom stereocenters. The molecule has 0 heterocycles. The van der Waals surface area contributed by atoms with Crippen molar-refractivity contribution in [2.45, 2.75) is 38.1 Å². The molecule has 2 nitrogen and oxygen atoms in total. The van der Waals surface area contributed by atoms with Gasteiger partial charge >= 0.3 is 0 Å². The van der Waals surface area contributed by atoms with Crippen LogP contribution in [0.15, 0.2) is 0 Å². The van der Waals surface area contributed by atoms with Gasteiger partial charge in [0.25, 0.3) is 0 Å². The molecule has 1 fully saturated rings. The van der Waals surface area contributed by atoms with Crippen molar-refractivity contribution in [1.29, 1.82) is 0 Å². The summed E-state index contributed by atoms with van der Waals surface area (Å²) in [7, 11) is 3.90. The van der Waals surface area contributed by atoms with E-state index in [-0.39, 0.29) is 11.3 Å². The Morgan fingerprint density at radius 2 is 2.21 bits per heavy atom.